The van der Waals surface area contributed by atoms with Gasteiger partial charge in [-0.1, -0.05) is 48.5 Å². The molecule has 0 spiro atoms. The second-order valence-electron chi connectivity index (χ2n) is 7.39. The van der Waals surface area contributed by atoms with Gasteiger partial charge in [0.25, 0.3) is 0 Å². The Kier molecular flexibility index (Phi) is 7.02. The molecular formula is C26H22F2N2S2. The second-order valence-corrected chi connectivity index (χ2v) is 8.35. The average Bonchev–Trinajstić information content (AvgIpc) is 2.78. The molecule has 0 aromatic heterocycles. The minimum Gasteiger partial charge on any atom is -0.375 e. The Morgan fingerprint density at radius 3 is 1.31 bits per heavy atom. The first-order valence-corrected chi connectivity index (χ1v) is 11.0. The Hall–Kier alpha value is -2.96. The van der Waals surface area contributed by atoms with E-state index in [1.165, 1.54) is 24.3 Å². The van der Waals surface area contributed by atoms with Crippen molar-refractivity contribution in [2.24, 2.45) is 0 Å². The SMILES string of the molecule is Fc1cccc(C(Nc2ccccc2S)C(Nc2ccccc2S)c2cccc(F)c2)c1. The third-order valence-corrected chi connectivity index (χ3v) is 5.96. The largest absolute Gasteiger partial charge is 0.375 e. The molecular weight excluding hydrogens is 442 g/mol. The molecule has 0 saturated heterocycles. The lowest BCUT2D eigenvalue weighted by molar-refractivity contribution is 0.598. The first-order chi connectivity index (χ1) is 15.5. The van der Waals surface area contributed by atoms with Gasteiger partial charge < -0.3 is 10.6 Å². The maximum absolute atomic E-state index is 14.2. The van der Waals surface area contributed by atoms with Crippen molar-refractivity contribution in [3.05, 3.63) is 120 Å². The topological polar surface area (TPSA) is 24.1 Å². The Balaban J connectivity index is 1.85. The predicted molar refractivity (Wildman–Crippen MR) is 133 cm³/mol. The summed E-state index contributed by atoms with van der Waals surface area (Å²) >= 11 is 9.13. The van der Waals surface area contributed by atoms with E-state index in [-0.39, 0.29) is 11.6 Å². The zero-order valence-electron chi connectivity index (χ0n) is 17.0. The number of para-hydroxylation sites is 2. The highest BCUT2D eigenvalue weighted by Crippen LogP contribution is 2.38. The molecule has 2 atom stereocenters. The molecule has 2 nitrogen and oxygen atoms in total. The molecule has 0 aliphatic rings. The van der Waals surface area contributed by atoms with Gasteiger partial charge in [0, 0.05) is 21.2 Å². The average molecular weight is 465 g/mol. The lowest BCUT2D eigenvalue weighted by atomic mass is 9.92. The number of hydrogen-bond donors (Lipinski definition) is 4. The molecule has 0 aliphatic carbocycles. The van der Waals surface area contributed by atoms with Crippen LogP contribution in [-0.4, -0.2) is 0 Å². The molecule has 32 heavy (non-hydrogen) atoms. The van der Waals surface area contributed by atoms with E-state index in [9.17, 15) is 8.78 Å². The third-order valence-electron chi connectivity index (χ3n) is 5.18. The zero-order chi connectivity index (χ0) is 22.5. The van der Waals surface area contributed by atoms with Crippen molar-refractivity contribution >= 4 is 36.6 Å². The molecule has 2 N–H and O–H groups in total. The van der Waals surface area contributed by atoms with Crippen LogP contribution in [0.5, 0.6) is 0 Å². The van der Waals surface area contributed by atoms with Crippen molar-refractivity contribution in [3.8, 4) is 0 Å². The molecule has 4 aromatic rings. The Bertz CT molecular complexity index is 1120. The van der Waals surface area contributed by atoms with Crippen molar-refractivity contribution < 1.29 is 8.78 Å². The van der Waals surface area contributed by atoms with Gasteiger partial charge in [0.15, 0.2) is 0 Å². The van der Waals surface area contributed by atoms with Gasteiger partial charge in [-0.2, -0.15) is 0 Å². The van der Waals surface area contributed by atoms with Crippen molar-refractivity contribution in [1.29, 1.82) is 0 Å². The van der Waals surface area contributed by atoms with Crippen molar-refractivity contribution in [2.45, 2.75) is 21.9 Å². The molecule has 0 aliphatic heterocycles. The molecule has 0 saturated carbocycles. The molecule has 0 amide bonds. The molecule has 0 radical (unpaired) electrons. The van der Waals surface area contributed by atoms with Crippen molar-refractivity contribution in [3.63, 3.8) is 0 Å². The lowest BCUT2D eigenvalue weighted by Crippen LogP contribution is -2.26. The fourth-order valence-corrected chi connectivity index (χ4v) is 4.10. The summed E-state index contributed by atoms with van der Waals surface area (Å²) in [5, 5.41) is 6.99. The summed E-state index contributed by atoms with van der Waals surface area (Å²) in [7, 11) is 0. The van der Waals surface area contributed by atoms with Crippen LogP contribution < -0.4 is 10.6 Å². The number of halogens is 2. The van der Waals surface area contributed by atoms with Crippen LogP contribution in [0.2, 0.25) is 0 Å². The van der Waals surface area contributed by atoms with Gasteiger partial charge in [-0.15, -0.1) is 25.3 Å². The molecule has 2 unspecified atom stereocenters. The standard InChI is InChI=1S/C26H22F2N2S2/c27-19-9-5-7-17(15-19)25(29-21-11-1-3-13-23(21)31)26(18-8-6-10-20(28)16-18)30-22-12-2-4-14-24(22)32/h1-16,25-26,29-32H. The highest BCUT2D eigenvalue weighted by molar-refractivity contribution is 7.80. The van der Waals surface area contributed by atoms with Crippen LogP contribution in [0.15, 0.2) is 107 Å². The normalized spacial score (nSPS) is 12.8. The summed E-state index contributed by atoms with van der Waals surface area (Å²) in [6.07, 6.45) is 0. The number of nitrogens with one attached hydrogen (secondary N) is 2. The first kappa shape index (κ1) is 22.2. The molecule has 162 valence electrons. The zero-order valence-corrected chi connectivity index (χ0v) is 18.8. The van der Waals surface area contributed by atoms with Crippen LogP contribution in [0.1, 0.15) is 23.2 Å². The molecule has 0 heterocycles. The van der Waals surface area contributed by atoms with Gasteiger partial charge in [-0.25, -0.2) is 8.78 Å². The number of anilines is 2. The molecule has 0 bridgehead atoms. The molecule has 4 aromatic carbocycles. The lowest BCUT2D eigenvalue weighted by Gasteiger charge is -2.32. The fraction of sp³-hybridized carbons (Fsp3) is 0.0769. The molecule has 6 heteroatoms. The minimum atomic E-state index is -0.450. The maximum atomic E-state index is 14.2. The monoisotopic (exact) mass is 464 g/mol. The minimum absolute atomic E-state index is 0.346. The number of thiol groups is 2. The van der Waals surface area contributed by atoms with Crippen LogP contribution in [0, 0.1) is 11.6 Å². The quantitative estimate of drug-likeness (QED) is 0.212. The Labute approximate surface area is 197 Å². The van der Waals surface area contributed by atoms with E-state index in [0.29, 0.717) is 11.1 Å². The smallest absolute Gasteiger partial charge is 0.123 e. The van der Waals surface area contributed by atoms with Crippen LogP contribution in [0.25, 0.3) is 0 Å². The van der Waals surface area contributed by atoms with Gasteiger partial charge in [0.1, 0.15) is 11.6 Å². The highest BCUT2D eigenvalue weighted by Gasteiger charge is 2.27. The van der Waals surface area contributed by atoms with Gasteiger partial charge >= 0.3 is 0 Å². The number of benzene rings is 4. The van der Waals surface area contributed by atoms with E-state index in [1.54, 1.807) is 12.1 Å². The maximum Gasteiger partial charge on any atom is 0.123 e. The van der Waals surface area contributed by atoms with E-state index in [1.807, 2.05) is 60.7 Å². The van der Waals surface area contributed by atoms with Crippen LogP contribution >= 0.6 is 25.3 Å². The van der Waals surface area contributed by atoms with Crippen molar-refractivity contribution in [2.75, 3.05) is 10.6 Å². The summed E-state index contributed by atoms with van der Waals surface area (Å²) in [4.78, 5) is 1.50. The van der Waals surface area contributed by atoms with Gasteiger partial charge in [0.2, 0.25) is 0 Å². The van der Waals surface area contributed by atoms with E-state index in [0.717, 1.165) is 21.2 Å². The van der Waals surface area contributed by atoms with E-state index in [2.05, 4.69) is 35.9 Å². The van der Waals surface area contributed by atoms with Gasteiger partial charge in [0.05, 0.1) is 12.1 Å². The summed E-state index contributed by atoms with van der Waals surface area (Å²) in [6, 6.07) is 27.1. The summed E-state index contributed by atoms with van der Waals surface area (Å²) in [6.45, 7) is 0. The van der Waals surface area contributed by atoms with Gasteiger partial charge in [-0.05, 0) is 59.7 Å². The molecule has 0 fully saturated rings. The highest BCUT2D eigenvalue weighted by atomic mass is 32.1. The molecule has 4 rings (SSSR count). The van der Waals surface area contributed by atoms with Crippen molar-refractivity contribution in [1.82, 2.24) is 0 Å². The van der Waals surface area contributed by atoms with Crippen LogP contribution in [-0.2, 0) is 0 Å². The van der Waals surface area contributed by atoms with Crippen LogP contribution in [0.3, 0.4) is 0 Å². The number of hydrogen-bond acceptors (Lipinski definition) is 4. The summed E-state index contributed by atoms with van der Waals surface area (Å²) in [5.74, 6) is -0.693. The first-order valence-electron chi connectivity index (χ1n) is 10.1. The Morgan fingerprint density at radius 1 is 0.531 bits per heavy atom. The van der Waals surface area contributed by atoms with Crippen LogP contribution in [0.4, 0.5) is 20.2 Å². The Morgan fingerprint density at radius 2 is 0.938 bits per heavy atom. The van der Waals surface area contributed by atoms with E-state index >= 15 is 0 Å². The fourth-order valence-electron chi connectivity index (χ4n) is 3.64. The van der Waals surface area contributed by atoms with E-state index in [4.69, 9.17) is 0 Å². The summed E-state index contributed by atoms with van der Waals surface area (Å²) < 4.78 is 28.5. The second kappa shape index (κ2) is 10.1. The van der Waals surface area contributed by atoms with Gasteiger partial charge in [-0.3, -0.25) is 0 Å². The van der Waals surface area contributed by atoms with E-state index < -0.39 is 12.1 Å². The predicted octanol–water partition coefficient (Wildman–Crippen LogP) is 7.55. The third kappa shape index (κ3) is 5.26. The summed E-state index contributed by atoms with van der Waals surface area (Å²) in [5.41, 5.74) is 2.99. The number of rotatable bonds is 7.